The average Bonchev–Trinajstić information content (AvgIpc) is 2.66. The number of carbonyl (C=O) groups excluding carboxylic acids is 1. The van der Waals surface area contributed by atoms with Crippen LogP contribution < -0.4 is 5.73 Å². The van der Waals surface area contributed by atoms with E-state index in [2.05, 4.69) is 4.42 Å². The van der Waals surface area contributed by atoms with Gasteiger partial charge < -0.3 is 15.3 Å². The van der Waals surface area contributed by atoms with Crippen molar-refractivity contribution in [2.75, 3.05) is 0 Å². The topological polar surface area (TPSA) is 128 Å². The number of nitrogens with two attached hydrogens (primary N) is 1. The molecule has 0 aromatic carbocycles. The van der Waals surface area contributed by atoms with Crippen molar-refractivity contribution in [2.45, 2.75) is 23.7 Å². The van der Waals surface area contributed by atoms with Gasteiger partial charge in [-0.25, -0.2) is 13.2 Å². The van der Waals surface area contributed by atoms with E-state index in [4.69, 9.17) is 10.8 Å². The van der Waals surface area contributed by atoms with Crippen molar-refractivity contribution in [3.05, 3.63) is 17.9 Å². The molecule has 1 rings (SSSR count). The third kappa shape index (κ3) is 2.47. The Hall–Kier alpha value is -1.83. The van der Waals surface area contributed by atoms with Gasteiger partial charge in [0.2, 0.25) is 26.6 Å². The Balaban J connectivity index is 3.21. The average molecular weight is 261 g/mol. The molecule has 7 nitrogen and oxygen atoms in total. The van der Waals surface area contributed by atoms with Crippen LogP contribution in [0.4, 0.5) is 0 Å². The van der Waals surface area contributed by atoms with Crippen molar-refractivity contribution in [1.29, 1.82) is 0 Å². The highest BCUT2D eigenvalue weighted by atomic mass is 32.2. The summed E-state index contributed by atoms with van der Waals surface area (Å²) in [6.07, 6.45) is -0.0131. The van der Waals surface area contributed by atoms with Crippen molar-refractivity contribution >= 4 is 21.7 Å². The van der Waals surface area contributed by atoms with Crippen LogP contribution in [0.1, 0.15) is 23.9 Å². The molecule has 0 spiro atoms. The van der Waals surface area contributed by atoms with Gasteiger partial charge in [0, 0.05) is 0 Å². The maximum absolute atomic E-state index is 11.9. The number of sulfone groups is 1. The van der Waals surface area contributed by atoms with E-state index in [1.807, 2.05) is 0 Å². The minimum Gasteiger partial charge on any atom is -0.475 e. The Kier molecular flexibility index (Phi) is 3.56. The molecule has 0 aliphatic heterocycles. The summed E-state index contributed by atoms with van der Waals surface area (Å²) in [4.78, 5) is 21.5. The van der Waals surface area contributed by atoms with E-state index in [-0.39, 0.29) is 6.42 Å². The van der Waals surface area contributed by atoms with Gasteiger partial charge in [-0.2, -0.15) is 0 Å². The van der Waals surface area contributed by atoms with Crippen LogP contribution in [0.5, 0.6) is 0 Å². The number of rotatable bonds is 5. The van der Waals surface area contributed by atoms with Crippen LogP contribution in [0, 0.1) is 0 Å². The van der Waals surface area contributed by atoms with E-state index in [0.29, 0.717) is 0 Å². The largest absolute Gasteiger partial charge is 0.475 e. The lowest BCUT2D eigenvalue weighted by molar-refractivity contribution is -0.117. The van der Waals surface area contributed by atoms with Crippen molar-refractivity contribution in [1.82, 2.24) is 0 Å². The summed E-state index contributed by atoms with van der Waals surface area (Å²) in [5, 5.41) is 6.60. The third-order valence-electron chi connectivity index (χ3n) is 2.14. The summed E-state index contributed by atoms with van der Waals surface area (Å²) < 4.78 is 28.4. The summed E-state index contributed by atoms with van der Waals surface area (Å²) >= 11 is 0. The van der Waals surface area contributed by atoms with E-state index >= 15 is 0 Å². The Bertz CT molecular complexity index is 544. The lowest BCUT2D eigenvalue weighted by Crippen LogP contribution is -2.35. The first-order valence-corrected chi connectivity index (χ1v) is 6.21. The molecule has 0 aliphatic rings. The molecule has 0 fully saturated rings. The monoisotopic (exact) mass is 261 g/mol. The van der Waals surface area contributed by atoms with Crippen LogP contribution >= 0.6 is 0 Å². The molecule has 3 N–H and O–H groups in total. The molecule has 17 heavy (non-hydrogen) atoms. The van der Waals surface area contributed by atoms with Gasteiger partial charge in [-0.3, -0.25) is 4.79 Å². The zero-order valence-corrected chi connectivity index (χ0v) is 9.73. The van der Waals surface area contributed by atoms with E-state index in [0.717, 1.165) is 12.1 Å². The second-order valence-electron chi connectivity index (χ2n) is 3.27. The molecule has 0 aliphatic carbocycles. The summed E-state index contributed by atoms with van der Waals surface area (Å²) in [5.74, 6) is -2.90. The first-order chi connectivity index (χ1) is 7.80. The fraction of sp³-hybridized carbons (Fsp3) is 0.333. The van der Waals surface area contributed by atoms with Crippen LogP contribution in [0.15, 0.2) is 21.6 Å². The normalized spacial score (nSPS) is 13.2. The molecule has 0 radical (unpaired) electrons. The molecule has 1 unspecified atom stereocenters. The smallest absolute Gasteiger partial charge is 0.371 e. The second kappa shape index (κ2) is 4.58. The number of carboxylic acid groups (broad SMARTS) is 1. The molecule has 94 valence electrons. The Morgan fingerprint density at radius 1 is 1.47 bits per heavy atom. The van der Waals surface area contributed by atoms with Crippen LogP contribution in [0.2, 0.25) is 0 Å². The summed E-state index contributed by atoms with van der Waals surface area (Å²) in [5.41, 5.74) is 4.96. The van der Waals surface area contributed by atoms with Crippen LogP contribution in [-0.2, 0) is 14.6 Å². The lowest BCUT2D eigenvalue weighted by atomic mass is 10.3. The lowest BCUT2D eigenvalue weighted by Gasteiger charge is -2.09. The highest BCUT2D eigenvalue weighted by Crippen LogP contribution is 2.20. The fourth-order valence-electron chi connectivity index (χ4n) is 1.30. The van der Waals surface area contributed by atoms with E-state index in [1.165, 1.54) is 6.92 Å². The number of hydrogen-bond acceptors (Lipinski definition) is 5. The van der Waals surface area contributed by atoms with E-state index in [1.54, 1.807) is 0 Å². The van der Waals surface area contributed by atoms with Crippen molar-refractivity contribution < 1.29 is 27.5 Å². The van der Waals surface area contributed by atoms with Gasteiger partial charge in [0.05, 0.1) is 0 Å². The first kappa shape index (κ1) is 13.2. The summed E-state index contributed by atoms with van der Waals surface area (Å²) in [6, 6.07) is 1.99. The number of primary amides is 1. The molecule has 1 aromatic rings. The van der Waals surface area contributed by atoms with Crippen molar-refractivity contribution in [3.63, 3.8) is 0 Å². The molecule has 0 bridgehead atoms. The van der Waals surface area contributed by atoms with Crippen LogP contribution in [0.3, 0.4) is 0 Å². The molecule has 1 heterocycles. The molecule has 1 atom stereocenters. The predicted octanol–water partition coefficient (Wildman–Crippen LogP) is 0.0154. The van der Waals surface area contributed by atoms with E-state index in [9.17, 15) is 18.0 Å². The molecular weight excluding hydrogens is 250 g/mol. The summed E-state index contributed by atoms with van der Waals surface area (Å²) in [6.45, 7) is 1.48. The van der Waals surface area contributed by atoms with Gasteiger partial charge in [-0.1, -0.05) is 6.92 Å². The molecule has 8 heteroatoms. The molecule has 0 saturated heterocycles. The summed E-state index contributed by atoms with van der Waals surface area (Å²) in [7, 11) is -4.07. The number of aromatic carboxylic acids is 1. The zero-order chi connectivity index (χ0) is 13.2. The predicted molar refractivity (Wildman–Crippen MR) is 56.1 cm³/mol. The Labute approximate surface area is 97.1 Å². The molecular formula is C9H11NO6S. The number of amides is 1. The van der Waals surface area contributed by atoms with E-state index < -0.39 is 37.8 Å². The molecule has 0 saturated carbocycles. The molecule has 1 amide bonds. The van der Waals surface area contributed by atoms with Gasteiger partial charge in [0.25, 0.3) is 0 Å². The van der Waals surface area contributed by atoms with Gasteiger partial charge in [-0.05, 0) is 18.6 Å². The van der Waals surface area contributed by atoms with Crippen LogP contribution in [-0.4, -0.2) is 30.7 Å². The van der Waals surface area contributed by atoms with Gasteiger partial charge in [0.15, 0.2) is 0 Å². The zero-order valence-electron chi connectivity index (χ0n) is 8.91. The van der Waals surface area contributed by atoms with Gasteiger partial charge in [0.1, 0.15) is 5.25 Å². The third-order valence-corrected chi connectivity index (χ3v) is 4.23. The molecule has 1 aromatic heterocycles. The number of hydrogen-bond donors (Lipinski definition) is 2. The Morgan fingerprint density at radius 3 is 2.41 bits per heavy atom. The SMILES string of the molecule is CCC(C(N)=O)S(=O)(=O)c1ccc(C(=O)O)o1. The minimum absolute atomic E-state index is 0.0131. The highest BCUT2D eigenvalue weighted by Gasteiger charge is 2.33. The first-order valence-electron chi connectivity index (χ1n) is 4.67. The van der Waals surface area contributed by atoms with Crippen molar-refractivity contribution in [2.24, 2.45) is 5.73 Å². The Morgan fingerprint density at radius 2 is 2.06 bits per heavy atom. The van der Waals surface area contributed by atoms with Crippen LogP contribution in [0.25, 0.3) is 0 Å². The highest BCUT2D eigenvalue weighted by molar-refractivity contribution is 7.92. The van der Waals surface area contributed by atoms with Gasteiger partial charge in [-0.15, -0.1) is 0 Å². The fourth-order valence-corrected chi connectivity index (χ4v) is 2.79. The maximum atomic E-state index is 11.9. The quantitative estimate of drug-likeness (QED) is 0.768. The standard InChI is InChI=1S/C9H11NO6S/c1-2-6(8(10)11)17(14,15)7-4-3-5(16-7)9(12)13/h3-4,6H,2H2,1H3,(H2,10,11)(H,12,13). The van der Waals surface area contributed by atoms with Crippen molar-refractivity contribution in [3.8, 4) is 0 Å². The minimum atomic E-state index is -4.07. The maximum Gasteiger partial charge on any atom is 0.371 e. The number of furan rings is 1. The van der Waals surface area contributed by atoms with Gasteiger partial charge >= 0.3 is 5.97 Å². The number of carboxylic acids is 1. The number of carbonyl (C=O) groups is 2. The second-order valence-corrected chi connectivity index (χ2v) is 5.33.